The molecule has 0 amide bonds. The summed E-state index contributed by atoms with van der Waals surface area (Å²) in [5, 5.41) is 0.590. The van der Waals surface area contributed by atoms with Crippen LogP contribution >= 0.6 is 35.1 Å². The van der Waals surface area contributed by atoms with Gasteiger partial charge in [-0.15, -0.1) is 23.5 Å². The molecule has 0 aromatic heterocycles. The molecule has 0 bridgehead atoms. The Kier molecular flexibility index (Phi) is 6.06. The highest BCUT2D eigenvalue weighted by Gasteiger charge is 2.08. The highest BCUT2D eigenvalue weighted by molar-refractivity contribution is 7.98. The van der Waals surface area contributed by atoms with Gasteiger partial charge in [0.25, 0.3) is 0 Å². The molecule has 0 aliphatic heterocycles. The van der Waals surface area contributed by atoms with Crippen LogP contribution in [-0.2, 0) is 0 Å². The number of halogens is 1. The van der Waals surface area contributed by atoms with Crippen molar-refractivity contribution in [1.82, 2.24) is 0 Å². The molecule has 0 saturated carbocycles. The maximum Gasteiger partial charge on any atom is 0.200 e. The molecule has 2 rings (SSSR count). The summed E-state index contributed by atoms with van der Waals surface area (Å²) in [5.41, 5.74) is 7.81. The molecule has 0 aliphatic carbocycles. The molecule has 0 radical (unpaired) electrons. The first kappa shape index (κ1) is 17.1. The maximum atomic E-state index is 6.20. The van der Waals surface area contributed by atoms with Crippen molar-refractivity contribution in [2.45, 2.75) is 9.79 Å². The number of benzene rings is 2. The predicted octanol–water partition coefficient (Wildman–Crippen LogP) is 4.87. The van der Waals surface area contributed by atoms with Crippen LogP contribution in [0, 0.1) is 0 Å². The summed E-state index contributed by atoms with van der Waals surface area (Å²) in [6.45, 7) is 0. The number of aliphatic imine (C=N–C) groups is 1. The van der Waals surface area contributed by atoms with E-state index in [0.29, 0.717) is 16.7 Å². The third-order valence-corrected chi connectivity index (χ3v) is 4.94. The average molecular weight is 351 g/mol. The van der Waals surface area contributed by atoms with Gasteiger partial charge in [0.2, 0.25) is 5.96 Å². The quantitative estimate of drug-likeness (QED) is 0.485. The minimum atomic E-state index is 0.401. The molecule has 0 atom stereocenters. The van der Waals surface area contributed by atoms with Gasteiger partial charge >= 0.3 is 0 Å². The van der Waals surface area contributed by atoms with Crippen LogP contribution in [0.4, 0.5) is 11.4 Å². The maximum absolute atomic E-state index is 6.20. The molecule has 0 aliphatic rings. The van der Waals surface area contributed by atoms with Crippen molar-refractivity contribution in [3.63, 3.8) is 0 Å². The lowest BCUT2D eigenvalue weighted by molar-refractivity contribution is 1.20. The molecular formula is C16H18ClN3S2. The van der Waals surface area contributed by atoms with Gasteiger partial charge in [0, 0.05) is 22.5 Å². The van der Waals surface area contributed by atoms with Gasteiger partial charge in [0.15, 0.2) is 0 Å². The van der Waals surface area contributed by atoms with Gasteiger partial charge < -0.3 is 10.6 Å². The smallest absolute Gasteiger partial charge is 0.200 e. The third kappa shape index (κ3) is 4.12. The van der Waals surface area contributed by atoms with Crippen molar-refractivity contribution < 1.29 is 0 Å². The van der Waals surface area contributed by atoms with Crippen LogP contribution < -0.4 is 10.6 Å². The van der Waals surface area contributed by atoms with E-state index in [-0.39, 0.29) is 0 Å². The minimum absolute atomic E-state index is 0.401. The third-order valence-electron chi connectivity index (χ3n) is 3.17. The lowest BCUT2D eigenvalue weighted by Gasteiger charge is -2.19. The first-order valence-electron chi connectivity index (χ1n) is 6.60. The fourth-order valence-electron chi connectivity index (χ4n) is 1.85. The summed E-state index contributed by atoms with van der Waals surface area (Å²) in [4.78, 5) is 8.60. The number of rotatable bonds is 4. The van der Waals surface area contributed by atoms with Gasteiger partial charge in [-0.2, -0.15) is 0 Å². The van der Waals surface area contributed by atoms with Crippen molar-refractivity contribution in [2.75, 3.05) is 24.5 Å². The first-order chi connectivity index (χ1) is 10.5. The van der Waals surface area contributed by atoms with Crippen LogP contribution in [0.15, 0.2) is 57.2 Å². The molecule has 116 valence electrons. The number of thioether (sulfide) groups is 2. The molecular weight excluding hydrogens is 333 g/mol. The number of hydrogen-bond acceptors (Lipinski definition) is 3. The van der Waals surface area contributed by atoms with E-state index in [1.165, 1.54) is 4.90 Å². The van der Waals surface area contributed by atoms with E-state index >= 15 is 0 Å². The summed E-state index contributed by atoms with van der Waals surface area (Å²) in [6, 6.07) is 13.9. The molecule has 0 heterocycles. The van der Waals surface area contributed by atoms with Crippen molar-refractivity contribution in [3.8, 4) is 0 Å². The standard InChI is InChI=1S/C16H18ClN3S2/c1-20(11-5-4-6-12(9-11)21-2)16(18)19-15-10-13(22-3)7-8-14(15)17/h4-10H,1-3H3,(H2,18,19)/i1-1. The predicted molar refractivity (Wildman–Crippen MR) is 101 cm³/mol. The Bertz CT molecular complexity index is 689. The van der Waals surface area contributed by atoms with Crippen LogP contribution in [0.5, 0.6) is 0 Å². The summed E-state index contributed by atoms with van der Waals surface area (Å²) in [6.07, 6.45) is 4.06. The van der Waals surface area contributed by atoms with Gasteiger partial charge in [-0.3, -0.25) is 0 Å². The highest BCUT2D eigenvalue weighted by Crippen LogP contribution is 2.30. The number of nitrogens with zero attached hydrogens (tertiary/aromatic N) is 2. The summed E-state index contributed by atoms with van der Waals surface area (Å²) >= 11 is 9.54. The molecule has 2 aromatic carbocycles. The molecule has 22 heavy (non-hydrogen) atoms. The fraction of sp³-hybridized carbons (Fsp3) is 0.188. The van der Waals surface area contributed by atoms with Crippen LogP contribution in [-0.4, -0.2) is 25.5 Å². The second-order valence-corrected chi connectivity index (χ2v) is 6.71. The fourth-order valence-corrected chi connectivity index (χ4v) is 2.90. The Labute approximate surface area is 144 Å². The summed E-state index contributed by atoms with van der Waals surface area (Å²) in [5.74, 6) is 0.401. The number of hydrogen-bond donors (Lipinski definition) is 1. The monoisotopic (exact) mass is 350 g/mol. The average Bonchev–Trinajstić information content (AvgIpc) is 2.56. The normalized spacial score (nSPS) is 11.5. The summed E-state index contributed by atoms with van der Waals surface area (Å²) < 4.78 is 0. The number of nitrogens with two attached hydrogens (primary N) is 1. The minimum Gasteiger partial charge on any atom is -0.369 e. The largest absolute Gasteiger partial charge is 0.369 e. The lowest BCUT2D eigenvalue weighted by Crippen LogP contribution is -2.33. The van der Waals surface area contributed by atoms with Crippen molar-refractivity contribution >= 4 is 52.5 Å². The van der Waals surface area contributed by atoms with E-state index in [9.17, 15) is 0 Å². The van der Waals surface area contributed by atoms with E-state index in [1.54, 1.807) is 23.5 Å². The number of anilines is 1. The topological polar surface area (TPSA) is 41.6 Å². The number of guanidine groups is 1. The second kappa shape index (κ2) is 7.81. The molecule has 0 saturated heterocycles. The molecule has 2 aromatic rings. The van der Waals surface area contributed by atoms with Crippen LogP contribution in [0.25, 0.3) is 0 Å². The molecule has 0 spiro atoms. The molecule has 3 nitrogen and oxygen atoms in total. The molecule has 0 fully saturated rings. The zero-order valence-electron chi connectivity index (χ0n) is 12.7. The van der Waals surface area contributed by atoms with E-state index < -0.39 is 0 Å². The first-order valence-corrected chi connectivity index (χ1v) is 9.43. The van der Waals surface area contributed by atoms with Gasteiger partial charge in [-0.1, -0.05) is 17.7 Å². The van der Waals surface area contributed by atoms with Crippen molar-refractivity contribution in [3.05, 3.63) is 47.5 Å². The molecule has 2 N–H and O–H groups in total. The van der Waals surface area contributed by atoms with Gasteiger partial charge in [0.1, 0.15) is 0 Å². The Balaban J connectivity index is 2.31. The van der Waals surface area contributed by atoms with Crippen molar-refractivity contribution in [2.24, 2.45) is 10.7 Å². The lowest BCUT2D eigenvalue weighted by atomic mass is 10.2. The van der Waals surface area contributed by atoms with E-state index in [4.69, 9.17) is 17.3 Å². The Hall–Kier alpha value is -1.30. The second-order valence-electron chi connectivity index (χ2n) is 4.55. The van der Waals surface area contributed by atoms with E-state index in [2.05, 4.69) is 17.1 Å². The summed E-state index contributed by atoms with van der Waals surface area (Å²) in [7, 11) is 1.89. The zero-order valence-corrected chi connectivity index (χ0v) is 15.1. The Morgan fingerprint density at radius 1 is 1.09 bits per heavy atom. The molecule has 0 unspecified atom stereocenters. The van der Waals surface area contributed by atoms with Gasteiger partial charge in [0.05, 0.1) is 10.7 Å². The zero-order chi connectivity index (χ0) is 16.1. The van der Waals surface area contributed by atoms with Gasteiger partial charge in [-0.05, 0) is 48.9 Å². The van der Waals surface area contributed by atoms with Crippen molar-refractivity contribution in [1.29, 1.82) is 0 Å². The Morgan fingerprint density at radius 3 is 2.45 bits per heavy atom. The highest BCUT2D eigenvalue weighted by atomic mass is 35.5. The Morgan fingerprint density at radius 2 is 1.77 bits per heavy atom. The molecule has 6 heteroatoms. The van der Waals surface area contributed by atoms with Crippen LogP contribution in [0.3, 0.4) is 0 Å². The SMILES string of the molecule is CSc1cccc(N([11CH3])C(N)=Nc2cc(SC)ccc2Cl)c1. The van der Waals surface area contributed by atoms with E-state index in [1.807, 2.05) is 54.8 Å². The van der Waals surface area contributed by atoms with Gasteiger partial charge in [-0.25, -0.2) is 4.99 Å². The van der Waals surface area contributed by atoms with E-state index in [0.717, 1.165) is 10.6 Å². The van der Waals surface area contributed by atoms with Crippen LogP contribution in [0.2, 0.25) is 5.02 Å². The van der Waals surface area contributed by atoms with Crippen LogP contribution in [0.1, 0.15) is 0 Å².